The molecule has 2 rings (SSSR count). The van der Waals surface area contributed by atoms with E-state index in [1.807, 2.05) is 6.07 Å². The Morgan fingerprint density at radius 2 is 2.17 bits per heavy atom. The van der Waals surface area contributed by atoms with E-state index >= 15 is 0 Å². The Morgan fingerprint density at radius 1 is 1.44 bits per heavy atom. The van der Waals surface area contributed by atoms with Gasteiger partial charge >= 0.3 is 0 Å². The maximum absolute atomic E-state index is 11.8. The summed E-state index contributed by atoms with van der Waals surface area (Å²) in [7, 11) is -2.25. The largest absolute Gasteiger partial charge is 0.495 e. The molecule has 0 aliphatic heterocycles. The predicted molar refractivity (Wildman–Crippen MR) is 66.4 cm³/mol. The Bertz CT molecular complexity index is 588. The van der Waals surface area contributed by atoms with Gasteiger partial charge in [-0.15, -0.1) is 0 Å². The zero-order valence-electron chi connectivity index (χ0n) is 9.80. The van der Waals surface area contributed by atoms with Gasteiger partial charge in [0.15, 0.2) is 0 Å². The van der Waals surface area contributed by atoms with Gasteiger partial charge in [0, 0.05) is 6.04 Å². The first kappa shape index (κ1) is 12.7. The van der Waals surface area contributed by atoms with Gasteiger partial charge in [-0.05, 0) is 25.0 Å². The lowest BCUT2D eigenvalue weighted by Gasteiger charge is -2.13. The molecule has 1 aromatic rings. The van der Waals surface area contributed by atoms with Crippen LogP contribution in [0.25, 0.3) is 0 Å². The van der Waals surface area contributed by atoms with Crippen molar-refractivity contribution in [3.05, 3.63) is 23.8 Å². The third kappa shape index (κ3) is 2.91. The highest BCUT2D eigenvalue weighted by Gasteiger charge is 2.27. The zero-order valence-corrected chi connectivity index (χ0v) is 10.6. The molecule has 96 valence electrons. The lowest BCUT2D eigenvalue weighted by molar-refractivity contribution is 0.416. The lowest BCUT2D eigenvalue weighted by atomic mass is 10.2. The maximum Gasteiger partial charge on any atom is 0.299 e. The number of nitrogens with zero attached hydrogens (tertiary/aromatic N) is 1. The fourth-order valence-electron chi connectivity index (χ4n) is 1.48. The van der Waals surface area contributed by atoms with E-state index in [1.54, 1.807) is 12.1 Å². The maximum atomic E-state index is 11.8. The Balaban J connectivity index is 2.29. The number of nitrogens with one attached hydrogen (secondary N) is 2. The van der Waals surface area contributed by atoms with Crippen molar-refractivity contribution in [1.82, 2.24) is 4.72 Å². The van der Waals surface area contributed by atoms with Crippen LogP contribution in [0.1, 0.15) is 18.4 Å². The molecule has 18 heavy (non-hydrogen) atoms. The molecule has 1 fully saturated rings. The first-order valence-electron chi connectivity index (χ1n) is 5.43. The number of hydrogen-bond acceptors (Lipinski definition) is 4. The molecule has 0 amide bonds. The predicted octanol–water partition coefficient (Wildman–Crippen LogP) is 0.976. The number of benzene rings is 1. The number of hydrogen-bond donors (Lipinski definition) is 2. The second-order valence-corrected chi connectivity index (χ2v) is 5.44. The Hall–Kier alpha value is -1.78. The second kappa shape index (κ2) is 4.84. The molecule has 0 heterocycles. The van der Waals surface area contributed by atoms with Crippen LogP contribution in [0.5, 0.6) is 5.75 Å². The number of rotatable bonds is 5. The highest BCUT2D eigenvalue weighted by molar-refractivity contribution is 7.90. The standard InChI is InChI=1S/C11H13N3O3S/c1-17-10-4-2-3-8(7-12)11(10)14-18(15,16)13-9-5-6-9/h2-4,9,13-14H,5-6H2,1H3. The van der Waals surface area contributed by atoms with Crippen LogP contribution in [0.3, 0.4) is 0 Å². The number of para-hydroxylation sites is 1. The molecule has 2 N–H and O–H groups in total. The molecule has 0 bridgehead atoms. The van der Waals surface area contributed by atoms with Crippen molar-refractivity contribution < 1.29 is 13.2 Å². The molecule has 0 saturated heterocycles. The number of methoxy groups -OCH3 is 1. The van der Waals surface area contributed by atoms with Crippen LogP contribution in [0.15, 0.2) is 18.2 Å². The van der Waals surface area contributed by atoms with E-state index in [1.165, 1.54) is 13.2 Å². The third-order valence-electron chi connectivity index (χ3n) is 2.50. The molecule has 0 atom stereocenters. The van der Waals surface area contributed by atoms with Crippen molar-refractivity contribution in [2.45, 2.75) is 18.9 Å². The van der Waals surface area contributed by atoms with E-state index in [0.29, 0.717) is 5.75 Å². The van der Waals surface area contributed by atoms with E-state index in [9.17, 15) is 8.42 Å². The van der Waals surface area contributed by atoms with Gasteiger partial charge in [-0.1, -0.05) is 6.07 Å². The minimum Gasteiger partial charge on any atom is -0.495 e. The summed E-state index contributed by atoms with van der Waals surface area (Å²) in [6.45, 7) is 0. The van der Waals surface area contributed by atoms with Gasteiger partial charge in [0.1, 0.15) is 17.5 Å². The monoisotopic (exact) mass is 267 g/mol. The summed E-state index contributed by atoms with van der Waals surface area (Å²) in [5.74, 6) is 0.315. The molecule has 0 spiro atoms. The summed E-state index contributed by atoms with van der Waals surface area (Å²) in [5, 5.41) is 8.97. The van der Waals surface area contributed by atoms with Crippen LogP contribution in [-0.2, 0) is 10.2 Å². The minimum absolute atomic E-state index is 0.00254. The summed E-state index contributed by atoms with van der Waals surface area (Å²) in [6, 6.07) is 6.68. The van der Waals surface area contributed by atoms with E-state index in [-0.39, 0.29) is 17.3 Å². The first-order chi connectivity index (χ1) is 8.55. The molecule has 1 aliphatic carbocycles. The second-order valence-electron chi connectivity index (χ2n) is 3.99. The molecule has 7 heteroatoms. The van der Waals surface area contributed by atoms with Crippen LogP contribution < -0.4 is 14.2 Å². The molecule has 1 saturated carbocycles. The van der Waals surface area contributed by atoms with Crippen molar-refractivity contribution in [3.8, 4) is 11.8 Å². The van der Waals surface area contributed by atoms with Crippen molar-refractivity contribution in [1.29, 1.82) is 5.26 Å². The molecule has 0 aromatic heterocycles. The van der Waals surface area contributed by atoms with Crippen molar-refractivity contribution in [2.24, 2.45) is 0 Å². The van der Waals surface area contributed by atoms with Gasteiger partial charge in [-0.25, -0.2) is 0 Å². The Morgan fingerprint density at radius 3 is 2.72 bits per heavy atom. The highest BCUT2D eigenvalue weighted by Crippen LogP contribution is 2.29. The van der Waals surface area contributed by atoms with Gasteiger partial charge in [-0.2, -0.15) is 18.4 Å². The summed E-state index contributed by atoms with van der Waals surface area (Å²) in [5.41, 5.74) is 0.381. The van der Waals surface area contributed by atoms with Gasteiger partial charge < -0.3 is 4.74 Å². The summed E-state index contributed by atoms with van der Waals surface area (Å²) < 4.78 is 33.5. The van der Waals surface area contributed by atoms with Crippen molar-refractivity contribution in [3.63, 3.8) is 0 Å². The van der Waals surface area contributed by atoms with Crippen molar-refractivity contribution >= 4 is 15.9 Å². The summed E-state index contributed by atoms with van der Waals surface area (Å²) in [6.07, 6.45) is 1.69. The Labute approximate surface area is 106 Å². The molecule has 1 aliphatic rings. The minimum atomic E-state index is -3.67. The quantitative estimate of drug-likeness (QED) is 0.831. The number of anilines is 1. The molecular formula is C11H13N3O3S. The summed E-state index contributed by atoms with van der Waals surface area (Å²) in [4.78, 5) is 0. The van der Waals surface area contributed by atoms with Gasteiger partial charge in [0.25, 0.3) is 10.2 Å². The summed E-state index contributed by atoms with van der Waals surface area (Å²) >= 11 is 0. The van der Waals surface area contributed by atoms with Crippen molar-refractivity contribution in [2.75, 3.05) is 11.8 Å². The first-order valence-corrected chi connectivity index (χ1v) is 6.91. The SMILES string of the molecule is COc1cccc(C#N)c1NS(=O)(=O)NC1CC1. The molecule has 0 radical (unpaired) electrons. The average Bonchev–Trinajstić information content (AvgIpc) is 3.12. The number of nitriles is 1. The fraction of sp³-hybridized carbons (Fsp3) is 0.364. The average molecular weight is 267 g/mol. The van der Waals surface area contributed by atoms with Crippen LogP contribution in [0, 0.1) is 11.3 Å². The van der Waals surface area contributed by atoms with Gasteiger partial charge in [0.2, 0.25) is 0 Å². The van der Waals surface area contributed by atoms with E-state index in [2.05, 4.69) is 9.44 Å². The lowest BCUT2D eigenvalue weighted by Crippen LogP contribution is -2.32. The molecular weight excluding hydrogens is 254 g/mol. The zero-order chi connectivity index (χ0) is 13.2. The third-order valence-corrected chi connectivity index (χ3v) is 3.62. The van der Waals surface area contributed by atoms with Crippen LogP contribution in [0.4, 0.5) is 5.69 Å². The Kier molecular flexibility index (Phi) is 3.41. The number of ether oxygens (including phenoxy) is 1. The molecule has 0 unspecified atom stereocenters. The fourth-order valence-corrected chi connectivity index (χ4v) is 2.70. The molecule has 1 aromatic carbocycles. The van der Waals surface area contributed by atoms with Crippen LogP contribution >= 0.6 is 0 Å². The smallest absolute Gasteiger partial charge is 0.299 e. The normalized spacial score (nSPS) is 14.9. The molecule has 6 nitrogen and oxygen atoms in total. The van der Waals surface area contributed by atoms with Crippen LogP contribution in [0.2, 0.25) is 0 Å². The topological polar surface area (TPSA) is 91.2 Å². The van der Waals surface area contributed by atoms with Gasteiger partial charge in [0.05, 0.1) is 12.7 Å². The van der Waals surface area contributed by atoms with E-state index in [0.717, 1.165) is 12.8 Å². The van der Waals surface area contributed by atoms with Crippen LogP contribution in [-0.4, -0.2) is 21.6 Å². The highest BCUT2D eigenvalue weighted by atomic mass is 32.2. The van der Waals surface area contributed by atoms with E-state index in [4.69, 9.17) is 10.00 Å². The van der Waals surface area contributed by atoms with Gasteiger partial charge in [-0.3, -0.25) is 4.72 Å². The van der Waals surface area contributed by atoms with E-state index < -0.39 is 10.2 Å².